The summed E-state index contributed by atoms with van der Waals surface area (Å²) < 4.78 is 6.38. The van der Waals surface area contributed by atoms with Gasteiger partial charge in [0, 0.05) is 10.2 Å². The quantitative estimate of drug-likeness (QED) is 0.268. The lowest BCUT2D eigenvalue weighted by Crippen LogP contribution is -2.49. The molecule has 1 saturated carbocycles. The number of rotatable bonds is 8. The van der Waals surface area contributed by atoms with Gasteiger partial charge in [0.25, 0.3) is 0 Å². The normalized spacial score (nSPS) is 20.4. The van der Waals surface area contributed by atoms with Gasteiger partial charge in [-0.05, 0) is 43.4 Å². The molecule has 1 fully saturated rings. The second-order valence-corrected chi connectivity index (χ2v) is 14.7. The number of nitrogens with two attached hydrogens (primary N) is 1. The molecule has 0 aliphatic heterocycles. The van der Waals surface area contributed by atoms with Crippen LogP contribution in [0.15, 0.2) is 5.11 Å². The van der Waals surface area contributed by atoms with Crippen molar-refractivity contribution < 1.29 is 9.22 Å². The van der Waals surface area contributed by atoms with Crippen molar-refractivity contribution in [3.8, 4) is 0 Å². The minimum atomic E-state index is -2.05. The molecular formula is C17H34N4O2SSi. The molecule has 0 heterocycles. The number of carbonyl (C=O) groups excluding carboxylic acids is 1. The van der Waals surface area contributed by atoms with Crippen LogP contribution in [0.1, 0.15) is 59.8 Å². The molecule has 25 heavy (non-hydrogen) atoms. The molecule has 0 saturated heterocycles. The van der Waals surface area contributed by atoms with Crippen LogP contribution in [0.25, 0.3) is 10.4 Å². The largest absolute Gasteiger partial charge is 0.413 e. The van der Waals surface area contributed by atoms with Crippen LogP contribution in [0.2, 0.25) is 18.1 Å². The van der Waals surface area contributed by atoms with Crippen LogP contribution in [-0.4, -0.2) is 31.0 Å². The average molecular weight is 387 g/mol. The first kappa shape index (κ1) is 22.3. The smallest absolute Gasteiger partial charge is 0.224 e. The van der Waals surface area contributed by atoms with Gasteiger partial charge in [-0.2, -0.15) is 0 Å². The SMILES string of the molecule is C[C@H](O[Si](C)(C)C(C)(C)C)[C@H](C(N)=O)C(N=[N+]=[N-])SC1CCCCC1. The highest BCUT2D eigenvalue weighted by molar-refractivity contribution is 8.00. The van der Waals surface area contributed by atoms with Crippen LogP contribution in [0.5, 0.6) is 0 Å². The first-order valence-electron chi connectivity index (χ1n) is 9.16. The molecule has 0 radical (unpaired) electrons. The fourth-order valence-electron chi connectivity index (χ4n) is 2.95. The van der Waals surface area contributed by atoms with E-state index in [1.807, 2.05) is 6.92 Å². The lowest BCUT2D eigenvalue weighted by atomic mass is 10.0. The fourth-order valence-corrected chi connectivity index (χ4v) is 6.00. The number of hydrogen-bond donors (Lipinski definition) is 1. The minimum Gasteiger partial charge on any atom is -0.413 e. The van der Waals surface area contributed by atoms with Crippen LogP contribution in [-0.2, 0) is 9.22 Å². The minimum absolute atomic E-state index is 0.0357. The van der Waals surface area contributed by atoms with Crippen molar-refractivity contribution in [1.29, 1.82) is 0 Å². The predicted octanol–water partition coefficient (Wildman–Crippen LogP) is 5.20. The first-order chi connectivity index (χ1) is 11.5. The third kappa shape index (κ3) is 6.51. The van der Waals surface area contributed by atoms with Crippen LogP contribution in [0.3, 0.4) is 0 Å². The Hall–Kier alpha value is -0.693. The molecule has 3 atom stereocenters. The van der Waals surface area contributed by atoms with E-state index in [2.05, 4.69) is 43.9 Å². The van der Waals surface area contributed by atoms with E-state index in [1.165, 1.54) is 19.3 Å². The van der Waals surface area contributed by atoms with E-state index < -0.39 is 25.5 Å². The summed E-state index contributed by atoms with van der Waals surface area (Å²) in [6, 6.07) is 0. The number of amides is 1. The molecule has 6 nitrogen and oxygen atoms in total. The van der Waals surface area contributed by atoms with Gasteiger partial charge in [-0.3, -0.25) is 4.79 Å². The summed E-state index contributed by atoms with van der Waals surface area (Å²) in [6.07, 6.45) is 5.48. The highest BCUT2D eigenvalue weighted by Gasteiger charge is 2.42. The highest BCUT2D eigenvalue weighted by atomic mass is 32.2. The summed E-state index contributed by atoms with van der Waals surface area (Å²) in [6.45, 7) is 12.7. The third-order valence-electron chi connectivity index (χ3n) is 5.48. The zero-order valence-electron chi connectivity index (χ0n) is 16.5. The number of azide groups is 1. The predicted molar refractivity (Wildman–Crippen MR) is 108 cm³/mol. The molecule has 2 N–H and O–H groups in total. The van der Waals surface area contributed by atoms with E-state index in [9.17, 15) is 4.79 Å². The molecule has 1 rings (SSSR count). The average Bonchev–Trinajstić information content (AvgIpc) is 2.46. The Balaban J connectivity index is 2.95. The summed E-state index contributed by atoms with van der Waals surface area (Å²) in [5.41, 5.74) is 14.7. The van der Waals surface area contributed by atoms with Gasteiger partial charge in [-0.1, -0.05) is 45.1 Å². The maximum absolute atomic E-state index is 12.2. The van der Waals surface area contributed by atoms with Gasteiger partial charge in [0.2, 0.25) is 5.91 Å². The second kappa shape index (κ2) is 9.30. The molecule has 0 aromatic heterocycles. The maximum atomic E-state index is 12.2. The summed E-state index contributed by atoms with van der Waals surface area (Å²) in [5.74, 6) is -1.07. The zero-order chi connectivity index (χ0) is 19.3. The Morgan fingerprint density at radius 2 is 1.88 bits per heavy atom. The molecule has 1 aliphatic carbocycles. The van der Waals surface area contributed by atoms with Crippen molar-refractivity contribution in [3.63, 3.8) is 0 Å². The van der Waals surface area contributed by atoms with Gasteiger partial charge in [-0.15, -0.1) is 11.8 Å². The molecular weight excluding hydrogens is 352 g/mol. The zero-order valence-corrected chi connectivity index (χ0v) is 18.3. The van der Waals surface area contributed by atoms with Gasteiger partial charge < -0.3 is 10.2 Å². The fraction of sp³-hybridized carbons (Fsp3) is 0.941. The maximum Gasteiger partial charge on any atom is 0.224 e. The number of carbonyl (C=O) groups is 1. The standard InChI is InChI=1S/C17H34N4O2SSi/c1-12(23-25(5,6)17(2,3)4)14(15(18)22)16(20-21-19)24-13-10-8-7-9-11-13/h12-14,16H,7-11H2,1-6H3,(H2,18,22)/t12-,14+,16?/m0/s1. The van der Waals surface area contributed by atoms with Crippen molar-refractivity contribution in [2.75, 3.05) is 0 Å². The molecule has 144 valence electrons. The Morgan fingerprint density at radius 1 is 1.32 bits per heavy atom. The van der Waals surface area contributed by atoms with E-state index in [4.69, 9.17) is 15.7 Å². The lowest BCUT2D eigenvalue weighted by molar-refractivity contribution is -0.124. The van der Waals surface area contributed by atoms with Gasteiger partial charge in [-0.25, -0.2) is 0 Å². The summed E-state index contributed by atoms with van der Waals surface area (Å²) in [4.78, 5) is 15.2. The van der Waals surface area contributed by atoms with E-state index >= 15 is 0 Å². The summed E-state index contributed by atoms with van der Waals surface area (Å²) in [5, 5.41) is 3.88. The van der Waals surface area contributed by atoms with Crippen molar-refractivity contribution in [3.05, 3.63) is 10.4 Å². The molecule has 1 aliphatic rings. The molecule has 0 aromatic carbocycles. The van der Waals surface area contributed by atoms with E-state index in [-0.39, 0.29) is 11.1 Å². The Labute approximate surface area is 157 Å². The third-order valence-corrected chi connectivity index (χ3v) is 11.6. The monoisotopic (exact) mass is 386 g/mol. The number of nitrogens with zero attached hydrogens (tertiary/aromatic N) is 3. The molecule has 0 aromatic rings. The first-order valence-corrected chi connectivity index (χ1v) is 13.0. The topological polar surface area (TPSA) is 101 Å². The Kier molecular flexibility index (Phi) is 8.32. The van der Waals surface area contributed by atoms with Crippen molar-refractivity contribution in [2.45, 2.75) is 94.7 Å². The lowest BCUT2D eigenvalue weighted by Gasteiger charge is -2.41. The Morgan fingerprint density at radius 3 is 2.32 bits per heavy atom. The number of hydrogen-bond acceptors (Lipinski definition) is 4. The van der Waals surface area contributed by atoms with Gasteiger partial charge in [0.15, 0.2) is 8.32 Å². The van der Waals surface area contributed by atoms with E-state index in [0.29, 0.717) is 5.25 Å². The molecule has 1 unspecified atom stereocenters. The van der Waals surface area contributed by atoms with E-state index in [0.717, 1.165) is 12.8 Å². The van der Waals surface area contributed by atoms with Crippen molar-refractivity contribution >= 4 is 26.0 Å². The van der Waals surface area contributed by atoms with Crippen LogP contribution in [0.4, 0.5) is 0 Å². The highest BCUT2D eigenvalue weighted by Crippen LogP contribution is 2.40. The molecule has 1 amide bonds. The van der Waals surface area contributed by atoms with Crippen molar-refractivity contribution in [1.82, 2.24) is 0 Å². The van der Waals surface area contributed by atoms with Crippen LogP contribution >= 0.6 is 11.8 Å². The second-order valence-electron chi connectivity index (χ2n) is 8.50. The number of primary amides is 1. The van der Waals surface area contributed by atoms with Crippen molar-refractivity contribution in [2.24, 2.45) is 16.8 Å². The van der Waals surface area contributed by atoms with Crippen LogP contribution in [0, 0.1) is 5.92 Å². The van der Waals surface area contributed by atoms with Gasteiger partial charge in [0.05, 0.1) is 17.4 Å². The molecule has 0 spiro atoms. The van der Waals surface area contributed by atoms with Gasteiger partial charge >= 0.3 is 0 Å². The number of thioether (sulfide) groups is 1. The summed E-state index contributed by atoms with van der Waals surface area (Å²) >= 11 is 1.60. The molecule has 8 heteroatoms. The Bertz CT molecular complexity index is 497. The molecule has 0 bridgehead atoms. The van der Waals surface area contributed by atoms with Gasteiger partial charge in [0.1, 0.15) is 0 Å². The van der Waals surface area contributed by atoms with Crippen LogP contribution < -0.4 is 5.73 Å². The summed E-state index contributed by atoms with van der Waals surface area (Å²) in [7, 11) is -2.05. The van der Waals surface area contributed by atoms with E-state index in [1.54, 1.807) is 11.8 Å².